The zero-order valence-electron chi connectivity index (χ0n) is 14.0. The van der Waals surface area contributed by atoms with Gasteiger partial charge in [0.05, 0.1) is 18.0 Å². The van der Waals surface area contributed by atoms with Crippen LogP contribution in [-0.2, 0) is 0 Å². The Labute approximate surface area is 148 Å². The summed E-state index contributed by atoms with van der Waals surface area (Å²) in [7, 11) is 1.63. The molecule has 0 aliphatic heterocycles. The van der Waals surface area contributed by atoms with E-state index in [4.69, 9.17) is 4.74 Å². The summed E-state index contributed by atoms with van der Waals surface area (Å²) in [6, 6.07) is 19.4. The zero-order valence-corrected chi connectivity index (χ0v) is 14.0. The second-order valence-electron chi connectivity index (χ2n) is 5.88. The number of hydrogen-bond acceptors (Lipinski definition) is 3. The highest BCUT2D eigenvalue weighted by molar-refractivity contribution is 5.79. The molecule has 128 valence electrons. The molecule has 0 radical (unpaired) electrons. The van der Waals surface area contributed by atoms with E-state index in [-0.39, 0.29) is 5.56 Å². The Morgan fingerprint density at radius 2 is 1.50 bits per heavy atom. The molecule has 0 saturated carbocycles. The fraction of sp³-hybridized carbons (Fsp3) is 0.0476. The van der Waals surface area contributed by atoms with Crippen molar-refractivity contribution in [3.05, 3.63) is 82.9 Å². The molecule has 0 amide bonds. The normalized spacial score (nSPS) is 10.8. The number of rotatable bonds is 3. The van der Waals surface area contributed by atoms with Crippen molar-refractivity contribution in [2.45, 2.75) is 0 Å². The minimum atomic E-state index is -0.420. The second kappa shape index (κ2) is 6.44. The monoisotopic (exact) mass is 346 g/mol. The maximum Gasteiger partial charge on any atom is 0.259 e. The van der Waals surface area contributed by atoms with Crippen LogP contribution in [0.4, 0.5) is 4.39 Å². The summed E-state index contributed by atoms with van der Waals surface area (Å²) in [6.45, 7) is 0. The van der Waals surface area contributed by atoms with Gasteiger partial charge in [0.25, 0.3) is 5.56 Å². The highest BCUT2D eigenvalue weighted by Crippen LogP contribution is 2.25. The Kier molecular flexibility index (Phi) is 3.97. The molecule has 0 unspecified atom stereocenters. The fourth-order valence-corrected chi connectivity index (χ4v) is 2.85. The lowest BCUT2D eigenvalue weighted by Crippen LogP contribution is -2.09. The predicted octanol–water partition coefficient (Wildman–Crippen LogP) is 4.40. The van der Waals surface area contributed by atoms with Gasteiger partial charge in [0.15, 0.2) is 0 Å². The number of nitrogens with one attached hydrogen (secondary N) is 1. The number of ether oxygens (including phenoxy) is 1. The molecule has 4 nitrogen and oxygen atoms in total. The lowest BCUT2D eigenvalue weighted by molar-refractivity contribution is 0.415. The van der Waals surface area contributed by atoms with Gasteiger partial charge in [-0.3, -0.25) is 4.79 Å². The molecule has 0 aliphatic carbocycles. The molecular weight excluding hydrogens is 331 g/mol. The molecule has 0 bridgehead atoms. The standard InChI is InChI=1S/C21H15FN2O2/c1-26-17-9-6-14(7-10-17)13-2-4-15(5-3-13)20-23-19-12-16(22)8-11-18(19)21(25)24-20/h2-12H,1H3,(H,23,24,25). The summed E-state index contributed by atoms with van der Waals surface area (Å²) >= 11 is 0. The van der Waals surface area contributed by atoms with E-state index >= 15 is 0 Å². The van der Waals surface area contributed by atoms with Crippen LogP contribution in [0, 0.1) is 5.82 Å². The number of nitrogens with zero attached hydrogens (tertiary/aromatic N) is 1. The van der Waals surface area contributed by atoms with Gasteiger partial charge in [-0.05, 0) is 35.4 Å². The topological polar surface area (TPSA) is 55.0 Å². The lowest BCUT2D eigenvalue weighted by Gasteiger charge is -2.06. The van der Waals surface area contributed by atoms with Crippen molar-refractivity contribution in [1.29, 1.82) is 0 Å². The molecule has 4 rings (SSSR count). The summed E-state index contributed by atoms with van der Waals surface area (Å²) < 4.78 is 18.6. The first-order chi connectivity index (χ1) is 12.6. The molecule has 0 fully saturated rings. The van der Waals surface area contributed by atoms with Gasteiger partial charge < -0.3 is 9.72 Å². The largest absolute Gasteiger partial charge is 0.497 e. The van der Waals surface area contributed by atoms with Crippen LogP contribution in [0.15, 0.2) is 71.5 Å². The first kappa shape index (κ1) is 16.0. The number of fused-ring (bicyclic) bond motifs is 1. The molecule has 1 N–H and O–H groups in total. The van der Waals surface area contributed by atoms with E-state index in [2.05, 4.69) is 9.97 Å². The molecule has 5 heteroatoms. The van der Waals surface area contributed by atoms with Crippen molar-refractivity contribution in [3.63, 3.8) is 0 Å². The van der Waals surface area contributed by atoms with Crippen molar-refractivity contribution < 1.29 is 9.13 Å². The Balaban J connectivity index is 1.72. The zero-order chi connectivity index (χ0) is 18.1. The van der Waals surface area contributed by atoms with Crippen LogP contribution < -0.4 is 10.3 Å². The number of aromatic nitrogens is 2. The van der Waals surface area contributed by atoms with Crippen LogP contribution in [0.5, 0.6) is 5.75 Å². The molecule has 0 atom stereocenters. The van der Waals surface area contributed by atoms with Crippen molar-refractivity contribution in [2.24, 2.45) is 0 Å². The summed E-state index contributed by atoms with van der Waals surface area (Å²) in [6.07, 6.45) is 0. The van der Waals surface area contributed by atoms with Crippen molar-refractivity contribution in [3.8, 4) is 28.3 Å². The van der Waals surface area contributed by atoms with Crippen molar-refractivity contribution in [2.75, 3.05) is 7.11 Å². The van der Waals surface area contributed by atoms with Crippen LogP contribution in [-0.4, -0.2) is 17.1 Å². The van der Waals surface area contributed by atoms with Crippen LogP contribution >= 0.6 is 0 Å². The average molecular weight is 346 g/mol. The van der Waals surface area contributed by atoms with Gasteiger partial charge in [0, 0.05) is 11.6 Å². The third kappa shape index (κ3) is 2.95. The molecular formula is C21H15FN2O2. The summed E-state index contributed by atoms with van der Waals surface area (Å²) in [5.41, 5.74) is 2.89. The van der Waals surface area contributed by atoms with Crippen LogP contribution in [0.2, 0.25) is 0 Å². The lowest BCUT2D eigenvalue weighted by atomic mass is 10.0. The van der Waals surface area contributed by atoms with E-state index < -0.39 is 5.82 Å². The smallest absolute Gasteiger partial charge is 0.259 e. The third-order valence-electron chi connectivity index (χ3n) is 4.25. The van der Waals surface area contributed by atoms with Crippen LogP contribution in [0.3, 0.4) is 0 Å². The van der Waals surface area contributed by atoms with Crippen LogP contribution in [0.25, 0.3) is 33.4 Å². The Morgan fingerprint density at radius 3 is 2.15 bits per heavy atom. The number of benzene rings is 3. The van der Waals surface area contributed by atoms with Gasteiger partial charge in [-0.1, -0.05) is 36.4 Å². The van der Waals surface area contributed by atoms with E-state index in [9.17, 15) is 9.18 Å². The van der Waals surface area contributed by atoms with E-state index in [0.29, 0.717) is 16.7 Å². The van der Waals surface area contributed by atoms with Gasteiger partial charge in [0.1, 0.15) is 17.4 Å². The summed E-state index contributed by atoms with van der Waals surface area (Å²) in [5.74, 6) is 0.793. The Hall–Kier alpha value is -3.47. The minimum absolute atomic E-state index is 0.288. The van der Waals surface area contributed by atoms with Gasteiger partial charge >= 0.3 is 0 Å². The summed E-state index contributed by atoms with van der Waals surface area (Å²) in [4.78, 5) is 19.3. The quantitative estimate of drug-likeness (QED) is 0.598. The van der Waals surface area contributed by atoms with Gasteiger partial charge in [-0.2, -0.15) is 0 Å². The molecule has 3 aromatic carbocycles. The second-order valence-corrected chi connectivity index (χ2v) is 5.88. The maximum atomic E-state index is 13.4. The number of aromatic amines is 1. The molecule has 0 spiro atoms. The predicted molar refractivity (Wildman–Crippen MR) is 99.7 cm³/mol. The molecule has 0 saturated heterocycles. The van der Waals surface area contributed by atoms with Crippen LogP contribution in [0.1, 0.15) is 0 Å². The number of H-pyrrole nitrogens is 1. The molecule has 26 heavy (non-hydrogen) atoms. The van der Waals surface area contributed by atoms with Gasteiger partial charge in [-0.25, -0.2) is 9.37 Å². The highest BCUT2D eigenvalue weighted by Gasteiger charge is 2.07. The van der Waals surface area contributed by atoms with E-state index in [0.717, 1.165) is 22.4 Å². The average Bonchev–Trinajstić information content (AvgIpc) is 2.68. The first-order valence-corrected chi connectivity index (χ1v) is 8.08. The first-order valence-electron chi connectivity index (χ1n) is 8.08. The molecule has 1 aromatic heterocycles. The Morgan fingerprint density at radius 1 is 0.885 bits per heavy atom. The molecule has 1 heterocycles. The van der Waals surface area contributed by atoms with E-state index in [1.165, 1.54) is 18.2 Å². The van der Waals surface area contributed by atoms with Gasteiger partial charge in [-0.15, -0.1) is 0 Å². The minimum Gasteiger partial charge on any atom is -0.497 e. The number of halogens is 1. The van der Waals surface area contributed by atoms with Crippen molar-refractivity contribution in [1.82, 2.24) is 9.97 Å². The third-order valence-corrected chi connectivity index (χ3v) is 4.25. The molecule has 0 aliphatic rings. The van der Waals surface area contributed by atoms with E-state index in [1.54, 1.807) is 7.11 Å². The highest BCUT2D eigenvalue weighted by atomic mass is 19.1. The maximum absolute atomic E-state index is 13.4. The molecule has 4 aromatic rings. The number of methoxy groups -OCH3 is 1. The van der Waals surface area contributed by atoms with E-state index in [1.807, 2.05) is 48.5 Å². The Bertz CT molecular complexity index is 1130. The number of hydrogen-bond donors (Lipinski definition) is 1. The van der Waals surface area contributed by atoms with Gasteiger partial charge in [0.2, 0.25) is 0 Å². The summed E-state index contributed by atoms with van der Waals surface area (Å²) in [5, 5.41) is 0.366. The fourth-order valence-electron chi connectivity index (χ4n) is 2.85. The van der Waals surface area contributed by atoms with Crippen molar-refractivity contribution >= 4 is 10.9 Å². The SMILES string of the molecule is COc1ccc(-c2ccc(-c3nc4cc(F)ccc4c(=O)[nH]3)cc2)cc1.